The third-order valence-corrected chi connectivity index (χ3v) is 4.71. The standard InChI is InChI=1S/C20H21N5O3/c1-13-7-9-25(10-8-13)16-11-14(4-6-18(26)27)3-5-15(16)23-20(28)19-22-12-17(21-2)24-19/h3-6,11-13H,7-10H2,1H3,(H,22,24)(H,23,28)(H,26,27). The Morgan fingerprint density at radius 1 is 1.39 bits per heavy atom. The first-order valence-electron chi connectivity index (χ1n) is 9.00. The highest BCUT2D eigenvalue weighted by molar-refractivity contribution is 6.04. The van der Waals surface area contributed by atoms with Crippen LogP contribution in [0.25, 0.3) is 10.9 Å². The van der Waals surface area contributed by atoms with Gasteiger partial charge in [-0.3, -0.25) is 9.78 Å². The molecule has 3 rings (SSSR count). The second kappa shape index (κ2) is 8.39. The number of nitrogens with zero attached hydrogens (tertiary/aromatic N) is 3. The minimum absolute atomic E-state index is 0.0686. The Bertz CT molecular complexity index is 949. The molecule has 2 heterocycles. The van der Waals surface area contributed by atoms with E-state index >= 15 is 0 Å². The van der Waals surface area contributed by atoms with Crippen LogP contribution >= 0.6 is 0 Å². The number of hydrogen-bond donors (Lipinski definition) is 3. The summed E-state index contributed by atoms with van der Waals surface area (Å²) >= 11 is 0. The molecule has 3 N–H and O–H groups in total. The van der Waals surface area contributed by atoms with Gasteiger partial charge in [0.1, 0.15) is 0 Å². The number of rotatable bonds is 5. The molecule has 1 aliphatic heterocycles. The number of benzene rings is 1. The molecule has 28 heavy (non-hydrogen) atoms. The van der Waals surface area contributed by atoms with E-state index in [9.17, 15) is 9.59 Å². The van der Waals surface area contributed by atoms with Gasteiger partial charge in [-0.25, -0.2) is 9.78 Å². The third-order valence-electron chi connectivity index (χ3n) is 4.71. The average molecular weight is 379 g/mol. The van der Waals surface area contributed by atoms with E-state index in [4.69, 9.17) is 11.7 Å². The van der Waals surface area contributed by atoms with Crippen molar-refractivity contribution in [2.45, 2.75) is 19.8 Å². The van der Waals surface area contributed by atoms with E-state index in [1.165, 1.54) is 12.3 Å². The van der Waals surface area contributed by atoms with Crippen LogP contribution in [0.3, 0.4) is 0 Å². The van der Waals surface area contributed by atoms with Crippen molar-refractivity contribution in [3.63, 3.8) is 0 Å². The number of H-pyrrole nitrogens is 1. The van der Waals surface area contributed by atoms with E-state index in [1.807, 2.05) is 6.07 Å². The van der Waals surface area contributed by atoms with Crippen LogP contribution in [-0.4, -0.2) is 40.0 Å². The molecule has 0 unspecified atom stereocenters. The van der Waals surface area contributed by atoms with Crippen molar-refractivity contribution in [2.75, 3.05) is 23.3 Å². The van der Waals surface area contributed by atoms with Crippen LogP contribution in [0.1, 0.15) is 35.9 Å². The van der Waals surface area contributed by atoms with Crippen LogP contribution in [0.5, 0.6) is 0 Å². The van der Waals surface area contributed by atoms with Crippen molar-refractivity contribution in [1.82, 2.24) is 9.97 Å². The number of nitrogens with one attached hydrogen (secondary N) is 2. The molecule has 1 aliphatic rings. The Balaban J connectivity index is 1.88. The normalized spacial score (nSPS) is 14.8. The highest BCUT2D eigenvalue weighted by Gasteiger charge is 2.21. The zero-order valence-corrected chi connectivity index (χ0v) is 15.5. The number of hydrogen-bond acceptors (Lipinski definition) is 4. The number of aliphatic carboxylic acids is 1. The molecule has 0 aliphatic carbocycles. The van der Waals surface area contributed by atoms with Gasteiger partial charge >= 0.3 is 11.9 Å². The fourth-order valence-electron chi connectivity index (χ4n) is 3.10. The van der Waals surface area contributed by atoms with Crippen molar-refractivity contribution in [3.05, 3.63) is 53.3 Å². The molecular formula is C20H21N5O3. The smallest absolute Gasteiger partial charge is 0.328 e. The summed E-state index contributed by atoms with van der Waals surface area (Å²) in [5.41, 5.74) is 2.19. The Labute approximate surface area is 162 Å². The number of aromatic nitrogens is 2. The van der Waals surface area contributed by atoms with Gasteiger partial charge in [-0.2, -0.15) is 0 Å². The summed E-state index contributed by atoms with van der Waals surface area (Å²) < 4.78 is 0. The predicted octanol–water partition coefficient (Wildman–Crippen LogP) is 3.55. The highest BCUT2D eigenvalue weighted by Crippen LogP contribution is 2.31. The maximum absolute atomic E-state index is 12.5. The van der Waals surface area contributed by atoms with Gasteiger partial charge in [0.2, 0.25) is 5.82 Å². The van der Waals surface area contributed by atoms with E-state index in [0.717, 1.165) is 43.3 Å². The summed E-state index contributed by atoms with van der Waals surface area (Å²) in [5.74, 6) is -0.530. The molecule has 0 bridgehead atoms. The van der Waals surface area contributed by atoms with Crippen LogP contribution in [-0.2, 0) is 4.79 Å². The molecule has 0 spiro atoms. The first kappa shape index (κ1) is 19.2. The predicted molar refractivity (Wildman–Crippen MR) is 107 cm³/mol. The van der Waals surface area contributed by atoms with E-state index in [1.54, 1.807) is 12.1 Å². The molecular weight excluding hydrogens is 358 g/mol. The maximum atomic E-state index is 12.5. The first-order valence-corrected chi connectivity index (χ1v) is 9.00. The molecule has 8 nitrogen and oxygen atoms in total. The van der Waals surface area contributed by atoms with Crippen LogP contribution < -0.4 is 10.2 Å². The van der Waals surface area contributed by atoms with Crippen molar-refractivity contribution in [3.8, 4) is 0 Å². The number of carboxylic acid groups (broad SMARTS) is 1. The molecule has 1 saturated heterocycles. The Kier molecular flexibility index (Phi) is 5.75. The molecule has 0 radical (unpaired) electrons. The summed E-state index contributed by atoms with van der Waals surface area (Å²) in [5, 5.41) is 11.7. The van der Waals surface area contributed by atoms with Crippen molar-refractivity contribution < 1.29 is 14.7 Å². The van der Waals surface area contributed by atoms with Crippen LogP contribution in [0.4, 0.5) is 17.2 Å². The van der Waals surface area contributed by atoms with Gasteiger partial charge in [0.25, 0.3) is 5.82 Å². The van der Waals surface area contributed by atoms with Gasteiger partial charge in [0.05, 0.1) is 17.6 Å². The molecule has 0 saturated carbocycles. The number of imidazole rings is 1. The lowest BCUT2D eigenvalue weighted by Crippen LogP contribution is -2.33. The average Bonchev–Trinajstić information content (AvgIpc) is 3.17. The molecule has 1 amide bonds. The fraction of sp³-hybridized carbons (Fsp3) is 0.300. The minimum atomic E-state index is -1.01. The maximum Gasteiger partial charge on any atom is 0.328 e. The number of aromatic amines is 1. The van der Waals surface area contributed by atoms with E-state index in [-0.39, 0.29) is 11.6 Å². The molecule has 0 atom stereocenters. The number of amides is 1. The Hall–Kier alpha value is -3.60. The zero-order chi connectivity index (χ0) is 20.1. The Morgan fingerprint density at radius 3 is 2.79 bits per heavy atom. The van der Waals surface area contributed by atoms with Gasteiger partial charge in [-0.15, -0.1) is 0 Å². The second-order valence-electron chi connectivity index (χ2n) is 6.80. The lowest BCUT2D eigenvalue weighted by Gasteiger charge is -2.33. The first-order chi connectivity index (χ1) is 13.5. The van der Waals surface area contributed by atoms with Crippen molar-refractivity contribution in [1.29, 1.82) is 0 Å². The quantitative estimate of drug-likeness (QED) is 0.545. The molecule has 144 valence electrons. The fourth-order valence-corrected chi connectivity index (χ4v) is 3.10. The van der Waals surface area contributed by atoms with Gasteiger partial charge in [-0.05, 0) is 42.5 Å². The number of carbonyl (C=O) groups is 2. The number of anilines is 2. The largest absolute Gasteiger partial charge is 0.478 e. The lowest BCUT2D eigenvalue weighted by molar-refractivity contribution is -0.131. The van der Waals surface area contributed by atoms with Gasteiger partial charge in [0, 0.05) is 19.2 Å². The number of carbonyl (C=O) groups excluding carboxylic acids is 1. The van der Waals surface area contributed by atoms with E-state index in [2.05, 4.69) is 32.0 Å². The summed E-state index contributed by atoms with van der Waals surface area (Å²) in [6, 6.07) is 5.38. The SMILES string of the molecule is [C-]#[N+]c1cnc(C(=O)Nc2ccc(C=CC(=O)O)cc2N2CCC(C)CC2)[nH]1. The van der Waals surface area contributed by atoms with Crippen molar-refractivity contribution >= 4 is 35.1 Å². The van der Waals surface area contributed by atoms with Gasteiger partial charge in [-0.1, -0.05) is 19.6 Å². The summed E-state index contributed by atoms with van der Waals surface area (Å²) in [7, 11) is 0. The molecule has 8 heteroatoms. The monoisotopic (exact) mass is 379 g/mol. The molecule has 1 aromatic heterocycles. The number of carboxylic acids is 1. The van der Waals surface area contributed by atoms with Gasteiger partial charge in [0.15, 0.2) is 0 Å². The number of piperidine rings is 1. The summed E-state index contributed by atoms with van der Waals surface area (Å²) in [6.07, 6.45) is 6.03. The van der Waals surface area contributed by atoms with Crippen molar-refractivity contribution in [2.24, 2.45) is 5.92 Å². The molecule has 1 fully saturated rings. The minimum Gasteiger partial charge on any atom is -0.478 e. The zero-order valence-electron chi connectivity index (χ0n) is 15.5. The van der Waals surface area contributed by atoms with Gasteiger partial charge < -0.3 is 20.2 Å². The van der Waals surface area contributed by atoms with Crippen LogP contribution in [0.15, 0.2) is 30.5 Å². The summed E-state index contributed by atoms with van der Waals surface area (Å²) in [4.78, 5) is 35.3. The lowest BCUT2D eigenvalue weighted by atomic mass is 9.98. The van der Waals surface area contributed by atoms with E-state index in [0.29, 0.717) is 11.6 Å². The van der Waals surface area contributed by atoms with Crippen LogP contribution in [0, 0.1) is 12.5 Å². The summed E-state index contributed by atoms with van der Waals surface area (Å²) in [6.45, 7) is 10.9. The second-order valence-corrected chi connectivity index (χ2v) is 6.80. The molecule has 2 aromatic rings. The highest BCUT2D eigenvalue weighted by atomic mass is 16.4. The molecule has 1 aromatic carbocycles. The van der Waals surface area contributed by atoms with E-state index < -0.39 is 11.9 Å². The third kappa shape index (κ3) is 4.57. The van der Waals surface area contributed by atoms with Crippen LogP contribution in [0.2, 0.25) is 0 Å². The topological polar surface area (TPSA) is 103 Å². The Morgan fingerprint density at radius 2 is 2.14 bits per heavy atom.